The molecule has 0 spiro atoms. The number of phenolic OH excluding ortho intramolecular Hbond substituents is 1. The van der Waals surface area contributed by atoms with Crippen LogP contribution in [0.3, 0.4) is 0 Å². The Morgan fingerprint density at radius 1 is 1.06 bits per heavy atom. The third-order valence-electron chi connectivity index (χ3n) is 2.65. The first-order valence-electron chi connectivity index (χ1n) is 5.48. The van der Waals surface area contributed by atoms with Gasteiger partial charge in [0, 0.05) is 4.47 Å². The van der Waals surface area contributed by atoms with Gasteiger partial charge >= 0.3 is 0 Å². The molecule has 0 aliphatic heterocycles. The second-order valence-corrected chi connectivity index (χ2v) is 4.81. The second-order valence-electron chi connectivity index (χ2n) is 3.89. The van der Waals surface area contributed by atoms with E-state index in [2.05, 4.69) is 22.0 Å². The zero-order chi connectivity index (χ0) is 12.3. The monoisotopic (exact) mass is 291 g/mol. The molecule has 0 fully saturated rings. The van der Waals surface area contributed by atoms with Crippen LogP contribution < -0.4 is 5.73 Å². The fourth-order valence-electron chi connectivity index (χ4n) is 1.79. The van der Waals surface area contributed by atoms with Crippen LogP contribution in [-0.4, -0.2) is 11.7 Å². The van der Waals surface area contributed by atoms with Crippen LogP contribution in [0.25, 0.3) is 11.1 Å². The molecule has 2 aromatic rings. The van der Waals surface area contributed by atoms with Crippen LogP contribution in [0.2, 0.25) is 0 Å². The van der Waals surface area contributed by atoms with E-state index in [4.69, 9.17) is 5.73 Å². The van der Waals surface area contributed by atoms with E-state index in [0.29, 0.717) is 18.7 Å². The van der Waals surface area contributed by atoms with Crippen LogP contribution in [0.15, 0.2) is 46.9 Å². The van der Waals surface area contributed by atoms with Crippen molar-refractivity contribution in [2.75, 3.05) is 6.54 Å². The zero-order valence-electron chi connectivity index (χ0n) is 9.36. The summed E-state index contributed by atoms with van der Waals surface area (Å²) in [6, 6.07) is 13.7. The summed E-state index contributed by atoms with van der Waals surface area (Å²) < 4.78 is 1.04. The lowest BCUT2D eigenvalue weighted by molar-refractivity contribution is 0.468. The molecule has 2 rings (SSSR count). The van der Waals surface area contributed by atoms with E-state index in [1.807, 2.05) is 30.3 Å². The highest BCUT2D eigenvalue weighted by atomic mass is 79.9. The Balaban J connectivity index is 2.42. The lowest BCUT2D eigenvalue weighted by atomic mass is 10.0. The van der Waals surface area contributed by atoms with Crippen molar-refractivity contribution in [3.63, 3.8) is 0 Å². The van der Waals surface area contributed by atoms with Crippen LogP contribution in [0.5, 0.6) is 5.75 Å². The molecule has 3 heteroatoms. The van der Waals surface area contributed by atoms with Crippen molar-refractivity contribution in [3.05, 3.63) is 52.5 Å². The van der Waals surface area contributed by atoms with Crippen molar-refractivity contribution in [1.29, 1.82) is 0 Å². The molecular weight excluding hydrogens is 278 g/mol. The first kappa shape index (κ1) is 12.1. The summed E-state index contributed by atoms with van der Waals surface area (Å²) in [4.78, 5) is 0. The van der Waals surface area contributed by atoms with E-state index < -0.39 is 0 Å². The van der Waals surface area contributed by atoms with E-state index in [1.165, 1.54) is 0 Å². The molecule has 0 bridgehead atoms. The van der Waals surface area contributed by atoms with E-state index in [9.17, 15) is 5.11 Å². The minimum Gasteiger partial charge on any atom is -0.508 e. The normalized spacial score (nSPS) is 10.5. The highest BCUT2D eigenvalue weighted by molar-refractivity contribution is 9.10. The number of aromatic hydroxyl groups is 1. The summed E-state index contributed by atoms with van der Waals surface area (Å²) in [5.41, 5.74) is 8.63. The van der Waals surface area contributed by atoms with Gasteiger partial charge in [0.15, 0.2) is 0 Å². The minimum atomic E-state index is 0.314. The van der Waals surface area contributed by atoms with Crippen LogP contribution in [-0.2, 0) is 6.42 Å². The number of rotatable bonds is 3. The largest absolute Gasteiger partial charge is 0.508 e. The molecule has 17 heavy (non-hydrogen) atoms. The molecule has 2 aromatic carbocycles. The lowest BCUT2D eigenvalue weighted by Gasteiger charge is -2.07. The number of benzene rings is 2. The molecule has 0 unspecified atom stereocenters. The number of hydrogen-bond donors (Lipinski definition) is 2. The van der Waals surface area contributed by atoms with Gasteiger partial charge in [0.1, 0.15) is 5.75 Å². The fraction of sp³-hybridized carbons (Fsp3) is 0.143. The molecule has 0 heterocycles. The molecule has 3 N–H and O–H groups in total. The number of halogens is 1. The molecule has 0 amide bonds. The molecule has 0 aromatic heterocycles. The summed E-state index contributed by atoms with van der Waals surface area (Å²) in [5, 5.41) is 9.70. The molecule has 2 nitrogen and oxygen atoms in total. The molecule has 88 valence electrons. The molecule has 0 aliphatic carbocycles. The molecule has 0 saturated carbocycles. The Bertz CT molecular complexity index is 525. The maximum absolute atomic E-state index is 9.70. The summed E-state index contributed by atoms with van der Waals surface area (Å²) in [6.45, 7) is 0.537. The number of hydrogen-bond acceptors (Lipinski definition) is 2. The van der Waals surface area contributed by atoms with Gasteiger partial charge in [0.2, 0.25) is 0 Å². The van der Waals surface area contributed by atoms with Gasteiger partial charge in [-0.15, -0.1) is 0 Å². The standard InChI is InChI=1S/C14H14BrNO/c15-13-3-1-2-10(9-13)11-4-5-14(17)12(8-11)6-7-16/h1-5,8-9,17H,6-7,16H2. The third-order valence-corrected chi connectivity index (χ3v) is 3.14. The van der Waals surface area contributed by atoms with Crippen molar-refractivity contribution in [2.45, 2.75) is 6.42 Å². The summed E-state index contributed by atoms with van der Waals surface area (Å²) >= 11 is 3.45. The minimum absolute atomic E-state index is 0.314. The molecule has 0 aliphatic rings. The van der Waals surface area contributed by atoms with Crippen molar-refractivity contribution in [2.24, 2.45) is 5.73 Å². The Morgan fingerprint density at radius 3 is 2.53 bits per heavy atom. The summed E-state index contributed by atoms with van der Waals surface area (Å²) in [6.07, 6.45) is 0.688. The smallest absolute Gasteiger partial charge is 0.118 e. The van der Waals surface area contributed by atoms with E-state index in [1.54, 1.807) is 6.07 Å². The van der Waals surface area contributed by atoms with Gasteiger partial charge < -0.3 is 10.8 Å². The van der Waals surface area contributed by atoms with E-state index >= 15 is 0 Å². The van der Waals surface area contributed by atoms with Crippen LogP contribution in [0.1, 0.15) is 5.56 Å². The Hall–Kier alpha value is -1.32. The maximum Gasteiger partial charge on any atom is 0.118 e. The first-order valence-corrected chi connectivity index (χ1v) is 6.28. The first-order chi connectivity index (χ1) is 8.20. The predicted octanol–water partition coefficient (Wildman–Crippen LogP) is 3.32. The quantitative estimate of drug-likeness (QED) is 0.911. The maximum atomic E-state index is 9.70. The zero-order valence-corrected chi connectivity index (χ0v) is 10.9. The molecule has 0 saturated heterocycles. The van der Waals surface area contributed by atoms with Crippen molar-refractivity contribution in [1.82, 2.24) is 0 Å². The van der Waals surface area contributed by atoms with Crippen LogP contribution in [0.4, 0.5) is 0 Å². The highest BCUT2D eigenvalue weighted by Gasteiger charge is 2.04. The van der Waals surface area contributed by atoms with Gasteiger partial charge in [-0.1, -0.05) is 34.1 Å². The van der Waals surface area contributed by atoms with E-state index in [-0.39, 0.29) is 0 Å². The van der Waals surface area contributed by atoms with Crippen LogP contribution in [0, 0.1) is 0 Å². The van der Waals surface area contributed by atoms with Crippen molar-refractivity contribution in [3.8, 4) is 16.9 Å². The molecule has 0 radical (unpaired) electrons. The lowest BCUT2D eigenvalue weighted by Crippen LogP contribution is -2.02. The average molecular weight is 292 g/mol. The summed E-state index contributed by atoms with van der Waals surface area (Å²) in [5.74, 6) is 0.314. The highest BCUT2D eigenvalue weighted by Crippen LogP contribution is 2.27. The average Bonchev–Trinajstić information content (AvgIpc) is 2.32. The fourth-order valence-corrected chi connectivity index (χ4v) is 2.19. The van der Waals surface area contributed by atoms with Gasteiger partial charge in [0.25, 0.3) is 0 Å². The van der Waals surface area contributed by atoms with Gasteiger partial charge in [-0.3, -0.25) is 0 Å². The summed E-state index contributed by atoms with van der Waals surface area (Å²) in [7, 11) is 0. The van der Waals surface area contributed by atoms with Gasteiger partial charge in [-0.05, 0) is 53.9 Å². The Morgan fingerprint density at radius 2 is 1.82 bits per heavy atom. The second kappa shape index (κ2) is 5.34. The predicted molar refractivity (Wildman–Crippen MR) is 74.0 cm³/mol. The van der Waals surface area contributed by atoms with E-state index in [0.717, 1.165) is 21.2 Å². The van der Waals surface area contributed by atoms with Gasteiger partial charge in [-0.25, -0.2) is 0 Å². The third kappa shape index (κ3) is 2.87. The van der Waals surface area contributed by atoms with Gasteiger partial charge in [0.05, 0.1) is 0 Å². The van der Waals surface area contributed by atoms with Crippen molar-refractivity contribution >= 4 is 15.9 Å². The number of phenols is 1. The molecular formula is C14H14BrNO. The van der Waals surface area contributed by atoms with Gasteiger partial charge in [-0.2, -0.15) is 0 Å². The number of nitrogens with two attached hydrogens (primary N) is 1. The Kier molecular flexibility index (Phi) is 3.82. The van der Waals surface area contributed by atoms with Crippen molar-refractivity contribution < 1.29 is 5.11 Å². The Labute approximate surface area is 109 Å². The molecule has 0 atom stereocenters. The topological polar surface area (TPSA) is 46.2 Å². The van der Waals surface area contributed by atoms with Crippen LogP contribution >= 0.6 is 15.9 Å². The SMILES string of the molecule is NCCc1cc(-c2cccc(Br)c2)ccc1O.